The molecule has 1 aromatic heterocycles. The molecule has 2 aromatic rings. The molecule has 0 radical (unpaired) electrons. The van der Waals surface area contributed by atoms with Crippen LogP contribution < -0.4 is 25.2 Å². The van der Waals surface area contributed by atoms with Crippen LogP contribution in [-0.2, 0) is 14.6 Å². The zero-order valence-electron chi connectivity index (χ0n) is 18.6. The van der Waals surface area contributed by atoms with Gasteiger partial charge in [-0.25, -0.2) is 13.2 Å². The molecule has 2 atom stereocenters. The number of rotatable bonds is 8. The zero-order chi connectivity index (χ0) is 24.3. The average molecular weight is 480 g/mol. The highest BCUT2D eigenvalue weighted by molar-refractivity contribution is 7.94. The molecule has 0 aliphatic carbocycles. The molecule has 0 fully saturated rings. The van der Waals surface area contributed by atoms with Crippen molar-refractivity contribution in [2.75, 3.05) is 27.1 Å². The Labute approximate surface area is 190 Å². The second-order valence-corrected chi connectivity index (χ2v) is 9.39. The first kappa shape index (κ1) is 24.2. The van der Waals surface area contributed by atoms with Crippen LogP contribution in [0.25, 0.3) is 0 Å². The Morgan fingerprint density at radius 3 is 2.45 bits per heavy atom. The van der Waals surface area contributed by atoms with E-state index in [1.54, 1.807) is 12.1 Å². The van der Waals surface area contributed by atoms with Gasteiger partial charge in [0.05, 0.1) is 38.7 Å². The van der Waals surface area contributed by atoms with E-state index in [9.17, 15) is 23.1 Å². The zero-order valence-corrected chi connectivity index (χ0v) is 19.4. The van der Waals surface area contributed by atoms with Crippen molar-refractivity contribution < 1.29 is 36.9 Å². The Balaban J connectivity index is 2.09. The first-order valence-electron chi connectivity index (χ1n) is 9.93. The molecule has 0 bridgehead atoms. The molecular formula is C22H25NO9S. The topological polar surface area (TPSA) is 141 Å². The highest BCUT2D eigenvalue weighted by Gasteiger charge is 2.32. The highest BCUT2D eigenvalue weighted by atomic mass is 32.2. The number of hydrogen-bond donors (Lipinski definition) is 2. The number of carbonyl (C=O) groups is 1. The van der Waals surface area contributed by atoms with E-state index < -0.39 is 33.3 Å². The van der Waals surface area contributed by atoms with E-state index in [0.29, 0.717) is 11.3 Å². The summed E-state index contributed by atoms with van der Waals surface area (Å²) in [7, 11) is 0.885. The lowest BCUT2D eigenvalue weighted by atomic mass is 9.87. The van der Waals surface area contributed by atoms with Gasteiger partial charge in [-0.15, -0.1) is 0 Å². The number of benzene rings is 1. The van der Waals surface area contributed by atoms with Crippen molar-refractivity contribution in [3.05, 3.63) is 57.0 Å². The third-order valence-electron chi connectivity index (χ3n) is 5.21. The van der Waals surface area contributed by atoms with Gasteiger partial charge in [0.15, 0.2) is 21.3 Å². The van der Waals surface area contributed by atoms with Crippen LogP contribution in [0, 0.1) is 6.92 Å². The Hall–Kier alpha value is -3.47. The summed E-state index contributed by atoms with van der Waals surface area (Å²) < 4.78 is 44.7. The maximum atomic E-state index is 12.9. The number of ether oxygens (including phenoxy) is 3. The number of hydrogen-bond acceptors (Lipinski definition) is 9. The number of nitrogens with one attached hydrogen (secondary N) is 1. The molecule has 0 saturated carbocycles. The van der Waals surface area contributed by atoms with Crippen molar-refractivity contribution in [2.24, 2.45) is 0 Å². The number of aromatic hydroxyl groups is 1. The lowest BCUT2D eigenvalue weighted by Gasteiger charge is -2.23. The second kappa shape index (κ2) is 9.57. The Kier molecular flexibility index (Phi) is 7.01. The van der Waals surface area contributed by atoms with Crippen LogP contribution >= 0.6 is 0 Å². The summed E-state index contributed by atoms with van der Waals surface area (Å²) in [6, 6.07) is 3.76. The normalized spacial score (nSPS) is 17.4. The SMILES string of the molecule is COc1ccc([C@H](CC(=O)N[C@H]2C=CS(=O)(=O)C2)c2c(O)cc(C)oc2=O)c(OC)c1OC. The highest BCUT2D eigenvalue weighted by Crippen LogP contribution is 2.45. The minimum absolute atomic E-state index is 0.143. The molecule has 2 heterocycles. The molecule has 0 spiro atoms. The van der Waals surface area contributed by atoms with Crippen LogP contribution in [0.4, 0.5) is 0 Å². The minimum Gasteiger partial charge on any atom is -0.507 e. The summed E-state index contributed by atoms with van der Waals surface area (Å²) >= 11 is 0. The number of sulfone groups is 1. The van der Waals surface area contributed by atoms with Gasteiger partial charge in [-0.2, -0.15) is 0 Å². The molecule has 1 amide bonds. The van der Waals surface area contributed by atoms with Gasteiger partial charge in [-0.1, -0.05) is 6.07 Å². The number of carbonyl (C=O) groups excluding carboxylic acids is 1. The maximum absolute atomic E-state index is 12.9. The van der Waals surface area contributed by atoms with E-state index in [4.69, 9.17) is 18.6 Å². The van der Waals surface area contributed by atoms with Crippen molar-refractivity contribution in [1.82, 2.24) is 5.32 Å². The fraction of sp³-hybridized carbons (Fsp3) is 0.364. The summed E-state index contributed by atoms with van der Waals surface area (Å²) in [6.07, 6.45) is 1.08. The van der Waals surface area contributed by atoms with E-state index in [0.717, 1.165) is 5.41 Å². The lowest BCUT2D eigenvalue weighted by molar-refractivity contribution is -0.121. The summed E-state index contributed by atoms with van der Waals surface area (Å²) in [6.45, 7) is 1.51. The fourth-order valence-corrected chi connectivity index (χ4v) is 5.04. The quantitative estimate of drug-likeness (QED) is 0.578. The lowest BCUT2D eigenvalue weighted by Crippen LogP contribution is -2.36. The average Bonchev–Trinajstić information content (AvgIpc) is 3.08. The molecule has 10 nitrogen and oxygen atoms in total. The molecule has 33 heavy (non-hydrogen) atoms. The molecule has 3 rings (SSSR count). The molecule has 1 aromatic carbocycles. The minimum atomic E-state index is -3.37. The fourth-order valence-electron chi connectivity index (χ4n) is 3.81. The first-order valence-corrected chi connectivity index (χ1v) is 11.6. The summed E-state index contributed by atoms with van der Waals surface area (Å²) in [4.78, 5) is 25.6. The number of aryl methyl sites for hydroxylation is 1. The van der Waals surface area contributed by atoms with Gasteiger partial charge in [0.1, 0.15) is 11.5 Å². The van der Waals surface area contributed by atoms with Crippen LogP contribution in [-0.4, -0.2) is 52.6 Å². The third kappa shape index (κ3) is 5.14. The Bertz CT molecular complexity index is 1250. The predicted octanol–water partition coefficient (Wildman–Crippen LogP) is 1.63. The molecule has 11 heteroatoms. The van der Waals surface area contributed by atoms with Gasteiger partial charge in [0, 0.05) is 29.4 Å². The van der Waals surface area contributed by atoms with Crippen LogP contribution in [0.2, 0.25) is 0 Å². The van der Waals surface area contributed by atoms with E-state index in [-0.39, 0.29) is 40.7 Å². The van der Waals surface area contributed by atoms with Gasteiger partial charge in [-0.3, -0.25) is 4.79 Å². The van der Waals surface area contributed by atoms with Gasteiger partial charge >= 0.3 is 5.63 Å². The van der Waals surface area contributed by atoms with Crippen molar-refractivity contribution in [1.29, 1.82) is 0 Å². The number of amides is 1. The standard InChI is InChI=1S/C22H25NO9S/c1-12-9-16(24)19(22(26)32-12)15(10-18(25)23-13-7-8-33(27,28)11-13)14-5-6-17(29-2)21(31-4)20(14)30-3/h5-9,13,15,24H,10-11H2,1-4H3,(H,23,25)/t13-,15-/m0/s1. The summed E-state index contributed by atoms with van der Waals surface area (Å²) in [5.41, 5.74) is -0.590. The van der Waals surface area contributed by atoms with Gasteiger partial charge in [0.25, 0.3) is 0 Å². The third-order valence-corrected chi connectivity index (χ3v) is 6.61. The molecule has 0 unspecified atom stereocenters. The van der Waals surface area contributed by atoms with Crippen LogP contribution in [0.1, 0.15) is 29.2 Å². The van der Waals surface area contributed by atoms with E-state index in [1.165, 1.54) is 40.4 Å². The van der Waals surface area contributed by atoms with Crippen molar-refractivity contribution in [3.8, 4) is 23.0 Å². The predicted molar refractivity (Wildman–Crippen MR) is 119 cm³/mol. The van der Waals surface area contributed by atoms with Crippen LogP contribution in [0.5, 0.6) is 23.0 Å². The second-order valence-electron chi connectivity index (χ2n) is 7.46. The number of methoxy groups -OCH3 is 3. The first-order chi connectivity index (χ1) is 15.6. The Morgan fingerprint density at radius 1 is 1.21 bits per heavy atom. The summed E-state index contributed by atoms with van der Waals surface area (Å²) in [5, 5.41) is 14.3. The molecule has 2 N–H and O–H groups in total. The molecule has 0 saturated heterocycles. The van der Waals surface area contributed by atoms with Gasteiger partial charge in [0.2, 0.25) is 11.7 Å². The van der Waals surface area contributed by atoms with Crippen LogP contribution in [0.15, 0.2) is 38.9 Å². The molecular weight excluding hydrogens is 454 g/mol. The van der Waals surface area contributed by atoms with E-state index >= 15 is 0 Å². The van der Waals surface area contributed by atoms with Crippen molar-refractivity contribution in [3.63, 3.8) is 0 Å². The van der Waals surface area contributed by atoms with Crippen LogP contribution in [0.3, 0.4) is 0 Å². The largest absolute Gasteiger partial charge is 0.507 e. The maximum Gasteiger partial charge on any atom is 0.343 e. The monoisotopic (exact) mass is 479 g/mol. The van der Waals surface area contributed by atoms with E-state index in [1.807, 2.05) is 0 Å². The van der Waals surface area contributed by atoms with E-state index in [2.05, 4.69) is 5.32 Å². The molecule has 1 aliphatic heterocycles. The summed E-state index contributed by atoms with van der Waals surface area (Å²) in [5.74, 6) is -1.13. The molecule has 178 valence electrons. The smallest absolute Gasteiger partial charge is 0.343 e. The Morgan fingerprint density at radius 2 is 1.91 bits per heavy atom. The van der Waals surface area contributed by atoms with Crippen molar-refractivity contribution >= 4 is 15.7 Å². The molecule has 1 aliphatic rings. The van der Waals surface area contributed by atoms with Gasteiger partial charge < -0.3 is 29.1 Å². The van der Waals surface area contributed by atoms with Crippen molar-refractivity contribution in [2.45, 2.75) is 25.3 Å². The van der Waals surface area contributed by atoms with Gasteiger partial charge in [-0.05, 0) is 19.1 Å².